The molecule has 3 rings (SSSR count). The second-order valence-electron chi connectivity index (χ2n) is 7.61. The maximum Gasteiger partial charge on any atom is 0.317 e. The van der Waals surface area contributed by atoms with E-state index in [1.807, 2.05) is 30.1 Å². The highest BCUT2D eigenvalue weighted by molar-refractivity contribution is 5.85. The Kier molecular flexibility index (Phi) is 8.07. The number of halogens is 1. The highest BCUT2D eigenvalue weighted by atomic mass is 35.5. The Morgan fingerprint density at radius 1 is 1.19 bits per heavy atom. The van der Waals surface area contributed by atoms with E-state index in [9.17, 15) is 9.59 Å². The minimum Gasteiger partial charge on any atom is -0.480 e. The lowest BCUT2D eigenvalue weighted by Gasteiger charge is -2.36. The smallest absolute Gasteiger partial charge is 0.317 e. The number of nitrogens with zero attached hydrogens (tertiary/aromatic N) is 2. The zero-order valence-electron chi connectivity index (χ0n) is 15.8. The first-order valence-corrected chi connectivity index (χ1v) is 9.51. The van der Waals surface area contributed by atoms with Crippen molar-refractivity contribution in [3.63, 3.8) is 0 Å². The Hall–Kier alpha value is -1.63. The van der Waals surface area contributed by atoms with Gasteiger partial charge in [0, 0.05) is 19.1 Å². The van der Waals surface area contributed by atoms with Crippen molar-refractivity contribution in [3.8, 4) is 0 Å². The number of carbonyl (C=O) groups excluding carboxylic acids is 1. The summed E-state index contributed by atoms with van der Waals surface area (Å²) in [4.78, 5) is 27.5. The third kappa shape index (κ3) is 6.48. The molecule has 1 atom stereocenters. The van der Waals surface area contributed by atoms with Crippen molar-refractivity contribution in [2.24, 2.45) is 5.92 Å². The van der Waals surface area contributed by atoms with E-state index in [1.165, 1.54) is 18.4 Å². The monoisotopic (exact) mass is 395 g/mol. The van der Waals surface area contributed by atoms with Gasteiger partial charge in [0.25, 0.3) is 0 Å². The summed E-state index contributed by atoms with van der Waals surface area (Å²) in [5.74, 6) is -0.138. The summed E-state index contributed by atoms with van der Waals surface area (Å²) in [5.41, 5.74) is 1.19. The van der Waals surface area contributed by atoms with Crippen LogP contribution in [0.25, 0.3) is 0 Å². The molecule has 0 spiro atoms. The Balaban J connectivity index is 0.00000261. The van der Waals surface area contributed by atoms with Crippen LogP contribution in [0, 0.1) is 5.92 Å². The number of likely N-dealkylation sites (tertiary alicyclic amines) is 1. The number of carboxylic acid groups (broad SMARTS) is 1. The summed E-state index contributed by atoms with van der Waals surface area (Å²) in [7, 11) is 1.86. The lowest BCUT2D eigenvalue weighted by molar-refractivity contribution is -0.138. The van der Waals surface area contributed by atoms with Crippen molar-refractivity contribution in [1.29, 1.82) is 0 Å². The highest BCUT2D eigenvalue weighted by Crippen LogP contribution is 2.40. The van der Waals surface area contributed by atoms with Crippen LogP contribution in [0.1, 0.15) is 37.3 Å². The zero-order chi connectivity index (χ0) is 18.5. The van der Waals surface area contributed by atoms with Crippen LogP contribution < -0.4 is 5.32 Å². The number of hydrogen-bond acceptors (Lipinski definition) is 4. The number of amides is 1. The molecule has 1 aliphatic heterocycles. The van der Waals surface area contributed by atoms with Crippen LogP contribution in [0.2, 0.25) is 0 Å². The average Bonchev–Trinajstić information content (AvgIpc) is 3.45. The molecular weight excluding hydrogens is 366 g/mol. The summed E-state index contributed by atoms with van der Waals surface area (Å²) < 4.78 is 0. The molecule has 1 aliphatic carbocycles. The predicted octanol–water partition coefficient (Wildman–Crippen LogP) is 2.16. The minimum absolute atomic E-state index is 0. The molecule has 7 heteroatoms. The van der Waals surface area contributed by atoms with Gasteiger partial charge in [-0.3, -0.25) is 19.4 Å². The zero-order valence-corrected chi connectivity index (χ0v) is 16.7. The maximum atomic E-state index is 12.5. The van der Waals surface area contributed by atoms with E-state index in [0.29, 0.717) is 12.5 Å². The topological polar surface area (TPSA) is 72.9 Å². The molecule has 2 fully saturated rings. The summed E-state index contributed by atoms with van der Waals surface area (Å²) in [6, 6.07) is 10.6. The van der Waals surface area contributed by atoms with Gasteiger partial charge in [0.2, 0.25) is 5.91 Å². The molecule has 0 bridgehead atoms. The van der Waals surface area contributed by atoms with Crippen LogP contribution in [0.4, 0.5) is 0 Å². The Labute approximate surface area is 167 Å². The van der Waals surface area contributed by atoms with E-state index in [4.69, 9.17) is 5.11 Å². The van der Waals surface area contributed by atoms with E-state index in [2.05, 4.69) is 22.3 Å². The normalized spacial score (nSPS) is 19.3. The second-order valence-corrected chi connectivity index (χ2v) is 7.61. The first kappa shape index (κ1) is 21.7. The first-order valence-electron chi connectivity index (χ1n) is 9.51. The van der Waals surface area contributed by atoms with Crippen LogP contribution in [0.3, 0.4) is 0 Å². The van der Waals surface area contributed by atoms with E-state index in [0.717, 1.165) is 25.9 Å². The summed E-state index contributed by atoms with van der Waals surface area (Å²) in [5, 5.41) is 12.1. The number of likely N-dealkylation sites (N-methyl/N-ethyl adjacent to an activating group) is 1. The molecule has 1 aromatic rings. The SMILES string of the molecule is CN(CC(=O)O)C1CCN(CC(=O)NC(c2ccccc2)C2CC2)CC1.Cl. The fourth-order valence-electron chi connectivity index (χ4n) is 3.85. The van der Waals surface area contributed by atoms with Gasteiger partial charge in [0.1, 0.15) is 0 Å². The molecule has 6 nitrogen and oxygen atoms in total. The standard InChI is InChI=1S/C20H29N3O3.ClH/c1-22(14-19(25)26)17-9-11-23(12-10-17)13-18(24)21-20(16-7-8-16)15-5-3-2-4-6-15;/h2-6,16-17,20H,7-14H2,1H3,(H,21,24)(H,25,26);1H. The number of piperidine rings is 1. The van der Waals surface area contributed by atoms with Gasteiger partial charge < -0.3 is 10.4 Å². The molecule has 1 aromatic carbocycles. The molecule has 150 valence electrons. The number of carbonyl (C=O) groups is 2. The third-order valence-corrected chi connectivity index (χ3v) is 5.50. The molecule has 1 saturated carbocycles. The van der Waals surface area contributed by atoms with Gasteiger partial charge >= 0.3 is 5.97 Å². The van der Waals surface area contributed by atoms with Crippen molar-refractivity contribution in [1.82, 2.24) is 15.1 Å². The molecule has 2 N–H and O–H groups in total. The van der Waals surface area contributed by atoms with Crippen molar-refractivity contribution < 1.29 is 14.7 Å². The van der Waals surface area contributed by atoms with Crippen LogP contribution in [-0.2, 0) is 9.59 Å². The van der Waals surface area contributed by atoms with Crippen LogP contribution in [-0.4, -0.2) is 66.1 Å². The second kappa shape index (κ2) is 10.1. The molecule has 1 saturated heterocycles. The number of hydrogen-bond donors (Lipinski definition) is 2. The number of carboxylic acids is 1. The van der Waals surface area contributed by atoms with Crippen molar-refractivity contribution in [3.05, 3.63) is 35.9 Å². The fraction of sp³-hybridized carbons (Fsp3) is 0.600. The van der Waals surface area contributed by atoms with Gasteiger partial charge in [-0.2, -0.15) is 0 Å². The van der Waals surface area contributed by atoms with Gasteiger partial charge in [-0.05, 0) is 44.2 Å². The fourth-order valence-corrected chi connectivity index (χ4v) is 3.85. The highest BCUT2D eigenvalue weighted by Gasteiger charge is 2.33. The Morgan fingerprint density at radius 3 is 2.37 bits per heavy atom. The molecule has 27 heavy (non-hydrogen) atoms. The minimum atomic E-state index is -0.790. The number of rotatable bonds is 8. The van der Waals surface area contributed by atoms with Crippen molar-refractivity contribution in [2.75, 3.05) is 33.2 Å². The van der Waals surface area contributed by atoms with Crippen molar-refractivity contribution >= 4 is 24.3 Å². The number of benzene rings is 1. The van der Waals surface area contributed by atoms with Crippen LogP contribution in [0.5, 0.6) is 0 Å². The van der Waals surface area contributed by atoms with E-state index < -0.39 is 5.97 Å². The molecule has 0 radical (unpaired) electrons. The van der Waals surface area contributed by atoms with Crippen LogP contribution >= 0.6 is 12.4 Å². The summed E-state index contributed by atoms with van der Waals surface area (Å²) >= 11 is 0. The first-order chi connectivity index (χ1) is 12.5. The lowest BCUT2D eigenvalue weighted by atomic mass is 10.0. The summed E-state index contributed by atoms with van der Waals surface area (Å²) in [6.07, 6.45) is 4.17. The average molecular weight is 396 g/mol. The van der Waals surface area contributed by atoms with Gasteiger partial charge in [0.05, 0.1) is 19.1 Å². The Bertz CT molecular complexity index is 616. The Morgan fingerprint density at radius 2 is 1.81 bits per heavy atom. The van der Waals surface area contributed by atoms with E-state index in [-0.39, 0.29) is 36.9 Å². The predicted molar refractivity (Wildman–Crippen MR) is 107 cm³/mol. The van der Waals surface area contributed by atoms with E-state index in [1.54, 1.807) is 0 Å². The molecule has 1 amide bonds. The van der Waals surface area contributed by atoms with Crippen LogP contribution in [0.15, 0.2) is 30.3 Å². The molecule has 0 aromatic heterocycles. The van der Waals surface area contributed by atoms with Gasteiger partial charge in [-0.1, -0.05) is 30.3 Å². The number of aliphatic carboxylic acids is 1. The van der Waals surface area contributed by atoms with E-state index >= 15 is 0 Å². The van der Waals surface area contributed by atoms with Gasteiger partial charge in [0.15, 0.2) is 0 Å². The third-order valence-electron chi connectivity index (χ3n) is 5.50. The molecule has 1 heterocycles. The maximum absolute atomic E-state index is 12.5. The molecule has 1 unspecified atom stereocenters. The van der Waals surface area contributed by atoms with Gasteiger partial charge in [-0.15, -0.1) is 12.4 Å². The molecule has 2 aliphatic rings. The quantitative estimate of drug-likeness (QED) is 0.705. The van der Waals surface area contributed by atoms with Gasteiger partial charge in [-0.25, -0.2) is 0 Å². The number of nitrogens with one attached hydrogen (secondary N) is 1. The van der Waals surface area contributed by atoms with Crippen molar-refractivity contribution in [2.45, 2.75) is 37.8 Å². The lowest BCUT2D eigenvalue weighted by Crippen LogP contribution is -2.47. The molecular formula is C20H30ClN3O3. The largest absolute Gasteiger partial charge is 0.480 e. The summed E-state index contributed by atoms with van der Waals surface area (Å²) in [6.45, 7) is 2.17.